The van der Waals surface area contributed by atoms with E-state index in [-0.39, 0.29) is 5.00 Å². The molecule has 102 valence electrons. The van der Waals surface area contributed by atoms with E-state index in [4.69, 9.17) is 10.2 Å². The molecule has 11 heteroatoms. The number of amides is 2. The molecular weight excluding hydrogens is 277 g/mol. The minimum atomic E-state index is -5.00. The summed E-state index contributed by atoms with van der Waals surface area (Å²) in [7, 11) is 0. The highest BCUT2D eigenvalue weighted by Gasteiger charge is 2.55. The Hall–Kier alpha value is -1.46. The number of rotatable bonds is 4. The van der Waals surface area contributed by atoms with Gasteiger partial charge in [0.1, 0.15) is 5.00 Å². The summed E-state index contributed by atoms with van der Waals surface area (Å²) in [6.07, 6.45) is -3.86. The molecule has 0 radical (unpaired) electrons. The Balaban J connectivity index is 2.75. The molecule has 0 saturated heterocycles. The third-order valence-electron chi connectivity index (χ3n) is 2.03. The van der Waals surface area contributed by atoms with Crippen LogP contribution in [-0.2, 0) is 0 Å². The van der Waals surface area contributed by atoms with Crippen molar-refractivity contribution in [3.63, 3.8) is 0 Å². The molecule has 2 amide bonds. The van der Waals surface area contributed by atoms with E-state index in [1.807, 2.05) is 5.32 Å². The van der Waals surface area contributed by atoms with E-state index in [0.29, 0.717) is 0 Å². The van der Waals surface area contributed by atoms with Gasteiger partial charge >= 0.3 is 12.2 Å². The molecule has 0 aliphatic carbocycles. The molecule has 0 atom stereocenters. The Bertz CT molecular complexity index is 393. The first-order valence-corrected chi connectivity index (χ1v) is 5.27. The summed E-state index contributed by atoms with van der Waals surface area (Å²) in [6, 6.07) is -1.23. The summed E-state index contributed by atoms with van der Waals surface area (Å²) in [5.74, 6) is 0. The van der Waals surface area contributed by atoms with Gasteiger partial charge in [-0.25, -0.2) is 4.79 Å². The molecular formula is C7H9F3N4O3S. The zero-order valence-corrected chi connectivity index (χ0v) is 9.55. The normalized spacial score (nSPS) is 12.3. The predicted octanol–water partition coefficient (Wildman–Crippen LogP) is -0.0547. The van der Waals surface area contributed by atoms with Gasteiger partial charge in [0.2, 0.25) is 0 Å². The third-order valence-corrected chi connectivity index (χ3v) is 2.61. The highest BCUT2D eigenvalue weighted by Crippen LogP contribution is 2.29. The molecule has 1 aromatic heterocycles. The molecule has 0 unspecified atom stereocenters. The van der Waals surface area contributed by atoms with Crippen molar-refractivity contribution < 1.29 is 28.2 Å². The number of nitrogens with zero attached hydrogens (tertiary/aromatic N) is 2. The van der Waals surface area contributed by atoms with Gasteiger partial charge in [-0.15, -0.1) is 5.10 Å². The van der Waals surface area contributed by atoms with E-state index in [9.17, 15) is 18.0 Å². The van der Waals surface area contributed by atoms with Crippen molar-refractivity contribution in [2.75, 3.05) is 18.5 Å². The molecule has 1 rings (SSSR count). The number of hydrogen-bond donors (Lipinski definition) is 4. The maximum Gasteiger partial charge on any atom is 0.416 e. The second kappa shape index (κ2) is 5.46. The fourth-order valence-electron chi connectivity index (χ4n) is 0.962. The number of anilines is 1. The second-order valence-corrected chi connectivity index (χ2v) is 4.04. The summed E-state index contributed by atoms with van der Waals surface area (Å²) < 4.78 is 41.3. The second-order valence-electron chi connectivity index (χ2n) is 3.26. The molecule has 0 spiro atoms. The molecule has 0 aromatic carbocycles. The number of aromatic nitrogens is 2. The van der Waals surface area contributed by atoms with Crippen molar-refractivity contribution in [1.29, 1.82) is 0 Å². The Morgan fingerprint density at radius 1 is 1.39 bits per heavy atom. The van der Waals surface area contributed by atoms with Gasteiger partial charge in [-0.2, -0.15) is 13.2 Å². The van der Waals surface area contributed by atoms with Gasteiger partial charge in [0.15, 0.2) is 5.54 Å². The van der Waals surface area contributed by atoms with Crippen LogP contribution in [0.15, 0.2) is 6.20 Å². The Morgan fingerprint density at radius 3 is 2.39 bits per heavy atom. The van der Waals surface area contributed by atoms with E-state index in [2.05, 4.69) is 9.59 Å². The molecule has 4 N–H and O–H groups in total. The van der Waals surface area contributed by atoms with E-state index >= 15 is 0 Å². The van der Waals surface area contributed by atoms with Gasteiger partial charge in [0.05, 0.1) is 19.4 Å². The first kappa shape index (κ1) is 14.6. The molecule has 7 nitrogen and oxygen atoms in total. The van der Waals surface area contributed by atoms with Gasteiger partial charge in [-0.3, -0.25) is 5.32 Å². The van der Waals surface area contributed by atoms with Crippen LogP contribution in [0.25, 0.3) is 0 Å². The summed E-state index contributed by atoms with van der Waals surface area (Å²) in [4.78, 5) is 11.3. The third kappa shape index (κ3) is 3.05. The van der Waals surface area contributed by atoms with Crippen LogP contribution in [-0.4, -0.2) is 50.8 Å². The predicted molar refractivity (Wildman–Crippen MR) is 55.0 cm³/mol. The zero-order chi connectivity index (χ0) is 13.8. The lowest BCUT2D eigenvalue weighted by atomic mass is 10.0. The topological polar surface area (TPSA) is 107 Å². The van der Waals surface area contributed by atoms with E-state index < -0.39 is 31.0 Å². The maximum absolute atomic E-state index is 12.6. The summed E-state index contributed by atoms with van der Waals surface area (Å²) in [6.45, 7) is -2.97. The Labute approximate surface area is 103 Å². The van der Waals surface area contributed by atoms with Crippen LogP contribution >= 0.6 is 11.5 Å². The summed E-state index contributed by atoms with van der Waals surface area (Å²) in [5.41, 5.74) is -3.10. The van der Waals surface area contributed by atoms with Crippen LogP contribution in [0.2, 0.25) is 0 Å². The minimum absolute atomic E-state index is 0.124. The van der Waals surface area contributed by atoms with Crippen LogP contribution in [0.1, 0.15) is 0 Å². The molecule has 0 fully saturated rings. The standard InChI is InChI=1S/C7H9F3N4O3S/c8-7(9,10)6(2-15,3-16)13-5(17)12-4-1-11-14-18-4/h1,15-16H,2-3H2,(H2,12,13,17). The average Bonchev–Trinajstić information content (AvgIpc) is 2.76. The van der Waals surface area contributed by atoms with Crippen molar-refractivity contribution >= 4 is 22.6 Å². The van der Waals surface area contributed by atoms with Crippen LogP contribution in [0, 0.1) is 0 Å². The SMILES string of the molecule is O=C(Nc1cnns1)NC(CO)(CO)C(F)(F)F. The zero-order valence-electron chi connectivity index (χ0n) is 8.73. The Kier molecular flexibility index (Phi) is 4.43. The summed E-state index contributed by atoms with van der Waals surface area (Å²) in [5, 5.41) is 24.5. The highest BCUT2D eigenvalue weighted by molar-refractivity contribution is 7.10. The van der Waals surface area contributed by atoms with Crippen molar-refractivity contribution in [3.8, 4) is 0 Å². The highest BCUT2D eigenvalue weighted by atomic mass is 32.1. The first-order valence-electron chi connectivity index (χ1n) is 4.49. The van der Waals surface area contributed by atoms with Crippen molar-refractivity contribution in [2.24, 2.45) is 0 Å². The van der Waals surface area contributed by atoms with Crippen LogP contribution in [0.4, 0.5) is 23.0 Å². The number of carbonyl (C=O) groups is 1. The van der Waals surface area contributed by atoms with Crippen LogP contribution < -0.4 is 10.6 Å². The molecule has 0 aliphatic rings. The van der Waals surface area contributed by atoms with E-state index in [1.54, 1.807) is 0 Å². The number of alkyl halides is 3. The van der Waals surface area contributed by atoms with E-state index in [1.165, 1.54) is 5.32 Å². The minimum Gasteiger partial charge on any atom is -0.393 e. The number of halogens is 3. The number of nitrogens with one attached hydrogen (secondary N) is 2. The number of aliphatic hydroxyl groups is 2. The number of carbonyl (C=O) groups excluding carboxylic acids is 1. The fourth-order valence-corrected chi connectivity index (χ4v) is 1.38. The number of aliphatic hydroxyl groups excluding tert-OH is 2. The first-order chi connectivity index (χ1) is 8.34. The quantitative estimate of drug-likeness (QED) is 0.620. The lowest BCUT2D eigenvalue weighted by Gasteiger charge is -2.32. The smallest absolute Gasteiger partial charge is 0.393 e. The average molecular weight is 286 g/mol. The van der Waals surface area contributed by atoms with Gasteiger partial charge < -0.3 is 15.5 Å². The largest absolute Gasteiger partial charge is 0.416 e. The summed E-state index contributed by atoms with van der Waals surface area (Å²) >= 11 is 0.761. The fraction of sp³-hybridized carbons (Fsp3) is 0.571. The van der Waals surface area contributed by atoms with Gasteiger partial charge in [-0.05, 0) is 0 Å². The lowest BCUT2D eigenvalue weighted by Crippen LogP contribution is -2.64. The van der Waals surface area contributed by atoms with Gasteiger partial charge in [-0.1, -0.05) is 4.49 Å². The van der Waals surface area contributed by atoms with Crippen molar-refractivity contribution in [2.45, 2.75) is 11.7 Å². The maximum atomic E-state index is 12.6. The van der Waals surface area contributed by atoms with Gasteiger partial charge in [0.25, 0.3) is 0 Å². The molecule has 0 saturated carbocycles. The van der Waals surface area contributed by atoms with Crippen molar-refractivity contribution in [3.05, 3.63) is 6.20 Å². The lowest BCUT2D eigenvalue weighted by molar-refractivity contribution is -0.212. The molecule has 1 heterocycles. The van der Waals surface area contributed by atoms with Crippen molar-refractivity contribution in [1.82, 2.24) is 14.9 Å². The molecule has 18 heavy (non-hydrogen) atoms. The van der Waals surface area contributed by atoms with Crippen LogP contribution in [0.3, 0.4) is 0 Å². The Morgan fingerprint density at radius 2 is 2.00 bits per heavy atom. The van der Waals surface area contributed by atoms with E-state index in [0.717, 1.165) is 17.7 Å². The van der Waals surface area contributed by atoms with Crippen LogP contribution in [0.5, 0.6) is 0 Å². The molecule has 0 aliphatic heterocycles. The molecule has 1 aromatic rings. The number of hydrogen-bond acceptors (Lipinski definition) is 6. The molecule has 0 bridgehead atoms. The number of urea groups is 1. The monoisotopic (exact) mass is 286 g/mol. The van der Waals surface area contributed by atoms with Gasteiger partial charge in [0, 0.05) is 11.5 Å².